The first-order valence-electron chi connectivity index (χ1n) is 6.14. The van der Waals surface area contributed by atoms with Gasteiger partial charge >= 0.3 is 0 Å². The van der Waals surface area contributed by atoms with E-state index < -0.39 is 11.7 Å². The molecule has 0 saturated heterocycles. The quantitative estimate of drug-likeness (QED) is 0.849. The number of carbonyl (C=O) groups excluding carboxylic acids is 1. The van der Waals surface area contributed by atoms with Crippen LogP contribution >= 0.6 is 0 Å². The molecule has 0 bridgehead atoms. The van der Waals surface area contributed by atoms with Gasteiger partial charge in [-0.3, -0.25) is 4.79 Å². The molecule has 0 unspecified atom stereocenters. The van der Waals surface area contributed by atoms with Crippen molar-refractivity contribution in [2.45, 2.75) is 0 Å². The SMILES string of the molecule is COc1ccc(OC)c(C(=O)Nc2c(N)cccc2F)c1. The van der Waals surface area contributed by atoms with Crippen LogP contribution in [0, 0.1) is 5.82 Å². The van der Waals surface area contributed by atoms with Gasteiger partial charge in [-0.1, -0.05) is 6.07 Å². The van der Waals surface area contributed by atoms with E-state index in [1.165, 1.54) is 38.5 Å². The largest absolute Gasteiger partial charge is 0.497 e. The van der Waals surface area contributed by atoms with Gasteiger partial charge in [0.1, 0.15) is 23.0 Å². The van der Waals surface area contributed by atoms with Gasteiger partial charge in [0.15, 0.2) is 0 Å². The van der Waals surface area contributed by atoms with E-state index in [0.29, 0.717) is 11.5 Å². The van der Waals surface area contributed by atoms with Gasteiger partial charge in [0.25, 0.3) is 5.91 Å². The highest BCUT2D eigenvalue weighted by Gasteiger charge is 2.16. The maximum atomic E-state index is 13.7. The second kappa shape index (κ2) is 6.13. The van der Waals surface area contributed by atoms with Crippen molar-refractivity contribution < 1.29 is 18.7 Å². The minimum atomic E-state index is -0.606. The minimum Gasteiger partial charge on any atom is -0.497 e. The van der Waals surface area contributed by atoms with Gasteiger partial charge in [0.05, 0.1) is 25.5 Å². The van der Waals surface area contributed by atoms with Gasteiger partial charge in [-0.2, -0.15) is 0 Å². The van der Waals surface area contributed by atoms with Crippen LogP contribution in [0.1, 0.15) is 10.4 Å². The molecule has 0 aromatic heterocycles. The number of amides is 1. The number of nitrogen functional groups attached to an aromatic ring is 1. The predicted octanol–water partition coefficient (Wildman–Crippen LogP) is 2.68. The van der Waals surface area contributed by atoms with Crippen molar-refractivity contribution in [2.24, 2.45) is 0 Å². The Morgan fingerprint density at radius 3 is 2.57 bits per heavy atom. The van der Waals surface area contributed by atoms with Crippen molar-refractivity contribution in [2.75, 3.05) is 25.3 Å². The smallest absolute Gasteiger partial charge is 0.259 e. The summed E-state index contributed by atoms with van der Waals surface area (Å²) in [6.07, 6.45) is 0. The summed E-state index contributed by atoms with van der Waals surface area (Å²) >= 11 is 0. The zero-order valence-corrected chi connectivity index (χ0v) is 11.6. The van der Waals surface area contributed by atoms with Crippen molar-refractivity contribution in [1.82, 2.24) is 0 Å². The maximum Gasteiger partial charge on any atom is 0.259 e. The normalized spacial score (nSPS) is 10.0. The Morgan fingerprint density at radius 1 is 1.19 bits per heavy atom. The number of hydrogen-bond acceptors (Lipinski definition) is 4. The molecular weight excluding hydrogens is 275 g/mol. The van der Waals surface area contributed by atoms with Crippen LogP contribution in [0.3, 0.4) is 0 Å². The first-order valence-corrected chi connectivity index (χ1v) is 6.14. The summed E-state index contributed by atoms with van der Waals surface area (Å²) in [6, 6.07) is 8.94. The number of rotatable bonds is 4. The summed E-state index contributed by atoms with van der Waals surface area (Å²) in [6.45, 7) is 0. The molecule has 2 aromatic carbocycles. The molecule has 21 heavy (non-hydrogen) atoms. The van der Waals surface area contributed by atoms with E-state index in [1.54, 1.807) is 12.1 Å². The Morgan fingerprint density at radius 2 is 1.95 bits per heavy atom. The van der Waals surface area contributed by atoms with E-state index in [1.807, 2.05) is 0 Å². The van der Waals surface area contributed by atoms with E-state index >= 15 is 0 Å². The third kappa shape index (κ3) is 3.05. The van der Waals surface area contributed by atoms with E-state index in [9.17, 15) is 9.18 Å². The fraction of sp³-hybridized carbons (Fsp3) is 0.133. The number of hydrogen-bond donors (Lipinski definition) is 2. The number of halogens is 1. The van der Waals surface area contributed by atoms with Gasteiger partial charge in [-0.15, -0.1) is 0 Å². The molecule has 0 aliphatic rings. The lowest BCUT2D eigenvalue weighted by Crippen LogP contribution is -2.15. The summed E-state index contributed by atoms with van der Waals surface area (Å²) in [5.74, 6) is -0.307. The first-order chi connectivity index (χ1) is 10.1. The second-order valence-electron chi connectivity index (χ2n) is 4.22. The van der Waals surface area contributed by atoms with E-state index in [2.05, 4.69) is 5.32 Å². The molecule has 2 rings (SSSR count). The Labute approximate surface area is 121 Å². The van der Waals surface area contributed by atoms with E-state index in [4.69, 9.17) is 15.2 Å². The Balaban J connectivity index is 2.36. The fourth-order valence-corrected chi connectivity index (χ4v) is 1.85. The van der Waals surface area contributed by atoms with Crippen molar-refractivity contribution in [3.05, 3.63) is 47.8 Å². The number of nitrogens with one attached hydrogen (secondary N) is 1. The zero-order chi connectivity index (χ0) is 15.4. The monoisotopic (exact) mass is 290 g/mol. The van der Waals surface area contributed by atoms with Crippen LogP contribution in [-0.4, -0.2) is 20.1 Å². The molecule has 6 heteroatoms. The molecule has 0 atom stereocenters. The van der Waals surface area contributed by atoms with Crippen molar-refractivity contribution >= 4 is 17.3 Å². The van der Waals surface area contributed by atoms with Crippen LogP contribution in [0.4, 0.5) is 15.8 Å². The lowest BCUT2D eigenvalue weighted by molar-refractivity contribution is 0.102. The van der Waals surface area contributed by atoms with Crippen molar-refractivity contribution in [3.63, 3.8) is 0 Å². The van der Waals surface area contributed by atoms with E-state index in [-0.39, 0.29) is 16.9 Å². The molecule has 0 aliphatic heterocycles. The van der Waals surface area contributed by atoms with Gasteiger partial charge < -0.3 is 20.5 Å². The number of methoxy groups -OCH3 is 2. The highest BCUT2D eigenvalue weighted by atomic mass is 19.1. The lowest BCUT2D eigenvalue weighted by atomic mass is 10.1. The molecule has 2 aromatic rings. The third-order valence-electron chi connectivity index (χ3n) is 2.94. The molecule has 1 amide bonds. The van der Waals surface area contributed by atoms with Gasteiger partial charge in [-0.05, 0) is 30.3 Å². The molecule has 0 radical (unpaired) electrons. The number of para-hydroxylation sites is 1. The van der Waals surface area contributed by atoms with Crippen LogP contribution in [0.2, 0.25) is 0 Å². The number of benzene rings is 2. The van der Waals surface area contributed by atoms with Crippen LogP contribution in [-0.2, 0) is 0 Å². The average molecular weight is 290 g/mol. The van der Waals surface area contributed by atoms with Crippen molar-refractivity contribution in [3.8, 4) is 11.5 Å². The minimum absolute atomic E-state index is 0.0626. The third-order valence-corrected chi connectivity index (χ3v) is 2.94. The summed E-state index contributed by atoms with van der Waals surface area (Å²) in [5, 5.41) is 2.45. The molecule has 5 nitrogen and oxygen atoms in total. The second-order valence-corrected chi connectivity index (χ2v) is 4.22. The topological polar surface area (TPSA) is 73.6 Å². The fourth-order valence-electron chi connectivity index (χ4n) is 1.85. The van der Waals surface area contributed by atoms with Gasteiger partial charge in [-0.25, -0.2) is 4.39 Å². The summed E-state index contributed by atoms with van der Waals surface area (Å²) in [4.78, 5) is 12.3. The predicted molar refractivity (Wildman–Crippen MR) is 78.3 cm³/mol. The Hall–Kier alpha value is -2.76. The van der Waals surface area contributed by atoms with E-state index in [0.717, 1.165) is 0 Å². The Kier molecular flexibility index (Phi) is 4.27. The molecular formula is C15H15FN2O3. The lowest BCUT2D eigenvalue weighted by Gasteiger charge is -2.12. The molecule has 0 saturated carbocycles. The maximum absolute atomic E-state index is 13.7. The van der Waals surface area contributed by atoms with Crippen LogP contribution in [0.15, 0.2) is 36.4 Å². The molecule has 0 fully saturated rings. The number of ether oxygens (including phenoxy) is 2. The zero-order valence-electron chi connectivity index (χ0n) is 11.6. The number of anilines is 2. The summed E-state index contributed by atoms with van der Waals surface area (Å²) < 4.78 is 23.9. The standard InChI is InChI=1S/C15H15FN2O3/c1-20-9-6-7-13(21-2)10(8-9)15(19)18-14-11(16)4-3-5-12(14)17/h3-8H,17H2,1-2H3,(H,18,19). The Bertz CT molecular complexity index is 654. The molecule has 3 N–H and O–H groups in total. The molecule has 0 aliphatic carbocycles. The summed E-state index contributed by atoms with van der Waals surface area (Å²) in [5.41, 5.74) is 5.97. The summed E-state index contributed by atoms with van der Waals surface area (Å²) in [7, 11) is 2.92. The molecule has 110 valence electrons. The van der Waals surface area contributed by atoms with Gasteiger partial charge in [0, 0.05) is 0 Å². The van der Waals surface area contributed by atoms with Gasteiger partial charge in [0.2, 0.25) is 0 Å². The molecule has 0 heterocycles. The number of nitrogens with two attached hydrogens (primary N) is 1. The highest BCUT2D eigenvalue weighted by Crippen LogP contribution is 2.27. The van der Waals surface area contributed by atoms with Crippen LogP contribution < -0.4 is 20.5 Å². The van der Waals surface area contributed by atoms with Crippen LogP contribution in [0.5, 0.6) is 11.5 Å². The van der Waals surface area contributed by atoms with Crippen molar-refractivity contribution in [1.29, 1.82) is 0 Å². The average Bonchev–Trinajstić information content (AvgIpc) is 2.50. The molecule has 0 spiro atoms. The van der Waals surface area contributed by atoms with Crippen LogP contribution in [0.25, 0.3) is 0 Å². The first kappa shape index (κ1) is 14.6. The highest BCUT2D eigenvalue weighted by molar-refractivity contribution is 6.07. The number of carbonyl (C=O) groups is 1.